The van der Waals surface area contributed by atoms with Gasteiger partial charge in [0.15, 0.2) is 0 Å². The molecule has 0 saturated carbocycles. The van der Waals surface area contributed by atoms with Gasteiger partial charge in [0.1, 0.15) is 0 Å². The lowest BCUT2D eigenvalue weighted by Crippen LogP contribution is -2.60. The molecule has 15 heavy (non-hydrogen) atoms. The van der Waals surface area contributed by atoms with Crippen LogP contribution in [-0.2, 0) is 0 Å². The van der Waals surface area contributed by atoms with Crippen molar-refractivity contribution in [1.29, 1.82) is 0 Å². The molecule has 0 aromatic rings. The van der Waals surface area contributed by atoms with E-state index in [1.807, 2.05) is 0 Å². The van der Waals surface area contributed by atoms with Crippen LogP contribution in [0.4, 0.5) is 0 Å². The molecule has 1 atom stereocenters. The average molecular weight is 214 g/mol. The lowest BCUT2D eigenvalue weighted by Gasteiger charge is -2.44. The molecule has 3 nitrogen and oxygen atoms in total. The van der Waals surface area contributed by atoms with E-state index in [0.29, 0.717) is 0 Å². The van der Waals surface area contributed by atoms with Crippen molar-refractivity contribution in [2.45, 2.75) is 57.1 Å². The summed E-state index contributed by atoms with van der Waals surface area (Å²) in [5.41, 5.74) is 5.28. The Morgan fingerprint density at radius 3 is 2.40 bits per heavy atom. The minimum atomic E-state index is -0.665. The van der Waals surface area contributed by atoms with Crippen LogP contribution >= 0.6 is 0 Å². The van der Waals surface area contributed by atoms with Crippen molar-refractivity contribution in [1.82, 2.24) is 4.90 Å². The van der Waals surface area contributed by atoms with Crippen molar-refractivity contribution >= 4 is 0 Å². The molecule has 1 heterocycles. The van der Waals surface area contributed by atoms with Gasteiger partial charge in [-0.2, -0.15) is 0 Å². The van der Waals surface area contributed by atoms with Crippen molar-refractivity contribution in [2.75, 3.05) is 20.1 Å². The van der Waals surface area contributed by atoms with Crippen LogP contribution in [0.25, 0.3) is 0 Å². The Balaban J connectivity index is 2.79. The average Bonchev–Trinajstić information content (AvgIpc) is 2.41. The summed E-state index contributed by atoms with van der Waals surface area (Å²) in [6.07, 6.45) is 4.40. The summed E-state index contributed by atoms with van der Waals surface area (Å²) in [6, 6.07) is 0. The summed E-state index contributed by atoms with van der Waals surface area (Å²) in [6.45, 7) is 6.19. The molecule has 1 saturated heterocycles. The van der Waals surface area contributed by atoms with E-state index in [4.69, 9.17) is 5.73 Å². The summed E-state index contributed by atoms with van der Waals surface area (Å²) < 4.78 is 0. The molecule has 90 valence electrons. The Kier molecular flexibility index (Phi) is 4.15. The maximum Gasteiger partial charge on any atom is 0.0838 e. The van der Waals surface area contributed by atoms with Gasteiger partial charge < -0.3 is 15.7 Å². The number of hydrogen-bond donors (Lipinski definition) is 2. The quantitative estimate of drug-likeness (QED) is 0.745. The number of nitrogens with two attached hydrogens (primary N) is 1. The summed E-state index contributed by atoms with van der Waals surface area (Å²) in [7, 11) is 2.11. The fourth-order valence-corrected chi connectivity index (χ4v) is 2.66. The second-order valence-corrected chi connectivity index (χ2v) is 5.05. The minimum Gasteiger partial charge on any atom is -0.388 e. The van der Waals surface area contributed by atoms with E-state index in [1.165, 1.54) is 0 Å². The number of rotatable bonds is 3. The standard InChI is InChI=1S/C12H26N2O/c1-4-11(13,5-2)12(15)7-6-9-14(3)10-8-12/h15H,4-10,13H2,1-3H3. The summed E-state index contributed by atoms with van der Waals surface area (Å²) in [5, 5.41) is 10.7. The molecule has 1 fully saturated rings. The zero-order valence-corrected chi connectivity index (χ0v) is 10.4. The van der Waals surface area contributed by atoms with E-state index in [0.717, 1.165) is 45.2 Å². The Morgan fingerprint density at radius 2 is 1.87 bits per heavy atom. The van der Waals surface area contributed by atoms with E-state index in [9.17, 15) is 5.11 Å². The second-order valence-electron chi connectivity index (χ2n) is 5.05. The molecular weight excluding hydrogens is 188 g/mol. The van der Waals surface area contributed by atoms with E-state index < -0.39 is 11.1 Å². The van der Waals surface area contributed by atoms with Crippen molar-refractivity contribution in [2.24, 2.45) is 5.73 Å². The van der Waals surface area contributed by atoms with Gasteiger partial charge in [0.2, 0.25) is 0 Å². The molecule has 0 radical (unpaired) electrons. The largest absolute Gasteiger partial charge is 0.388 e. The summed E-state index contributed by atoms with van der Waals surface area (Å²) >= 11 is 0. The highest BCUT2D eigenvalue weighted by atomic mass is 16.3. The summed E-state index contributed by atoms with van der Waals surface area (Å²) in [5.74, 6) is 0. The first-order valence-electron chi connectivity index (χ1n) is 6.17. The molecule has 0 aliphatic carbocycles. The van der Waals surface area contributed by atoms with Crippen LogP contribution in [-0.4, -0.2) is 41.3 Å². The maximum atomic E-state index is 10.7. The van der Waals surface area contributed by atoms with Gasteiger partial charge >= 0.3 is 0 Å². The Labute approximate surface area is 93.6 Å². The highest BCUT2D eigenvalue weighted by Crippen LogP contribution is 2.35. The van der Waals surface area contributed by atoms with Crippen LogP contribution in [0.2, 0.25) is 0 Å². The molecule has 1 aliphatic rings. The SMILES string of the molecule is CCC(N)(CC)C1(O)CCCN(C)CC1. The third-order valence-corrected chi connectivity index (χ3v) is 4.23. The highest BCUT2D eigenvalue weighted by molar-refractivity contribution is 5.03. The van der Waals surface area contributed by atoms with Crippen molar-refractivity contribution in [3.8, 4) is 0 Å². The van der Waals surface area contributed by atoms with Gasteiger partial charge in [-0.25, -0.2) is 0 Å². The van der Waals surface area contributed by atoms with Crippen LogP contribution in [0.3, 0.4) is 0 Å². The molecule has 1 rings (SSSR count). The molecule has 3 heteroatoms. The fraction of sp³-hybridized carbons (Fsp3) is 1.00. The number of aliphatic hydroxyl groups is 1. The Bertz CT molecular complexity index is 204. The lowest BCUT2D eigenvalue weighted by atomic mass is 9.72. The molecule has 0 bridgehead atoms. The van der Waals surface area contributed by atoms with Crippen LogP contribution in [0.15, 0.2) is 0 Å². The maximum absolute atomic E-state index is 10.7. The molecule has 0 aromatic heterocycles. The van der Waals surface area contributed by atoms with Gasteiger partial charge in [0.05, 0.1) is 5.60 Å². The minimum absolute atomic E-state index is 0.405. The normalized spacial score (nSPS) is 30.2. The lowest BCUT2D eigenvalue weighted by molar-refractivity contribution is -0.0511. The predicted octanol–water partition coefficient (Wildman–Crippen LogP) is 1.35. The first-order chi connectivity index (χ1) is 6.97. The van der Waals surface area contributed by atoms with Gasteiger partial charge in [-0.05, 0) is 45.7 Å². The first-order valence-corrected chi connectivity index (χ1v) is 6.17. The van der Waals surface area contributed by atoms with Gasteiger partial charge in [0.25, 0.3) is 0 Å². The predicted molar refractivity (Wildman–Crippen MR) is 63.8 cm³/mol. The van der Waals surface area contributed by atoms with Gasteiger partial charge in [-0.1, -0.05) is 13.8 Å². The smallest absolute Gasteiger partial charge is 0.0838 e. The number of likely N-dealkylation sites (tertiary alicyclic amines) is 1. The van der Waals surface area contributed by atoms with Crippen LogP contribution in [0.5, 0.6) is 0 Å². The zero-order chi connectivity index (χ0) is 11.5. The molecule has 3 N–H and O–H groups in total. The first kappa shape index (κ1) is 12.9. The third-order valence-electron chi connectivity index (χ3n) is 4.23. The van der Waals surface area contributed by atoms with Crippen molar-refractivity contribution in [3.05, 3.63) is 0 Å². The number of nitrogens with zero attached hydrogens (tertiary/aromatic N) is 1. The summed E-state index contributed by atoms with van der Waals surface area (Å²) in [4.78, 5) is 2.28. The third kappa shape index (κ3) is 2.52. The number of hydrogen-bond acceptors (Lipinski definition) is 3. The van der Waals surface area contributed by atoms with Crippen LogP contribution in [0, 0.1) is 0 Å². The van der Waals surface area contributed by atoms with E-state index in [2.05, 4.69) is 25.8 Å². The molecule has 0 aromatic carbocycles. The molecule has 1 aliphatic heterocycles. The van der Waals surface area contributed by atoms with E-state index in [1.54, 1.807) is 0 Å². The molecule has 1 unspecified atom stereocenters. The second kappa shape index (κ2) is 4.81. The van der Waals surface area contributed by atoms with Gasteiger partial charge in [0, 0.05) is 12.1 Å². The highest BCUT2D eigenvalue weighted by Gasteiger charge is 2.45. The van der Waals surface area contributed by atoms with E-state index >= 15 is 0 Å². The van der Waals surface area contributed by atoms with E-state index in [-0.39, 0.29) is 0 Å². The Morgan fingerprint density at radius 1 is 1.27 bits per heavy atom. The molecular formula is C12H26N2O. The van der Waals surface area contributed by atoms with Crippen molar-refractivity contribution in [3.63, 3.8) is 0 Å². The Hall–Kier alpha value is -0.120. The van der Waals surface area contributed by atoms with Gasteiger partial charge in [-0.15, -0.1) is 0 Å². The molecule has 0 spiro atoms. The fourth-order valence-electron chi connectivity index (χ4n) is 2.66. The van der Waals surface area contributed by atoms with Crippen LogP contribution in [0.1, 0.15) is 46.0 Å². The topological polar surface area (TPSA) is 49.5 Å². The molecule has 0 amide bonds. The van der Waals surface area contributed by atoms with Crippen LogP contribution < -0.4 is 5.73 Å². The van der Waals surface area contributed by atoms with Gasteiger partial charge in [-0.3, -0.25) is 0 Å². The monoisotopic (exact) mass is 214 g/mol. The van der Waals surface area contributed by atoms with Crippen molar-refractivity contribution < 1.29 is 5.11 Å². The zero-order valence-electron chi connectivity index (χ0n) is 10.4.